The largest absolute Gasteiger partial charge is 0.480 e. The molecule has 3 atom stereocenters. The van der Waals surface area contributed by atoms with Crippen LogP contribution >= 0.6 is 11.8 Å². The minimum Gasteiger partial charge on any atom is -0.480 e. The number of carbonyl (C=O) groups excluding carboxylic acids is 1. The first-order valence-electron chi connectivity index (χ1n) is 6.44. The first kappa shape index (κ1) is 16.3. The molecule has 3 N–H and O–H groups in total. The van der Waals surface area contributed by atoms with Gasteiger partial charge in [0, 0.05) is 19.5 Å². The van der Waals surface area contributed by atoms with E-state index in [0.29, 0.717) is 25.2 Å². The molecule has 1 aliphatic rings. The highest BCUT2D eigenvalue weighted by atomic mass is 32.2. The van der Waals surface area contributed by atoms with Gasteiger partial charge in [-0.1, -0.05) is 6.92 Å². The molecule has 0 spiro atoms. The Morgan fingerprint density at radius 1 is 1.58 bits per heavy atom. The zero-order valence-electron chi connectivity index (χ0n) is 11.4. The van der Waals surface area contributed by atoms with Gasteiger partial charge in [0.1, 0.15) is 6.04 Å². The molecule has 7 heteroatoms. The summed E-state index contributed by atoms with van der Waals surface area (Å²) in [4.78, 5) is 24.9. The van der Waals surface area contributed by atoms with Crippen molar-refractivity contribution in [1.29, 1.82) is 0 Å². The molecule has 19 heavy (non-hydrogen) atoms. The number of carbonyl (C=O) groups is 2. The molecular formula is C12H22N2O4S. The highest BCUT2D eigenvalue weighted by Gasteiger charge is 2.42. The van der Waals surface area contributed by atoms with E-state index in [4.69, 9.17) is 10.5 Å². The molecule has 0 bridgehead atoms. The zero-order valence-corrected chi connectivity index (χ0v) is 12.2. The van der Waals surface area contributed by atoms with Gasteiger partial charge in [-0.25, -0.2) is 4.79 Å². The van der Waals surface area contributed by atoms with Crippen LogP contribution in [0.25, 0.3) is 0 Å². The summed E-state index contributed by atoms with van der Waals surface area (Å²) in [7, 11) is 1.60. The van der Waals surface area contributed by atoms with Gasteiger partial charge in [0.25, 0.3) is 0 Å². The second-order valence-corrected chi connectivity index (χ2v) is 5.75. The molecule has 0 aliphatic carbocycles. The lowest BCUT2D eigenvalue weighted by Crippen LogP contribution is -2.52. The Hall–Kier alpha value is -0.790. The monoisotopic (exact) mass is 290 g/mol. The number of ether oxygens (including phenoxy) is 1. The van der Waals surface area contributed by atoms with Crippen molar-refractivity contribution < 1.29 is 19.4 Å². The fourth-order valence-electron chi connectivity index (χ4n) is 2.13. The molecule has 6 nitrogen and oxygen atoms in total. The summed E-state index contributed by atoms with van der Waals surface area (Å²) in [5, 5.41) is 9.09. The van der Waals surface area contributed by atoms with Crippen molar-refractivity contribution in [2.24, 2.45) is 5.73 Å². The second kappa shape index (κ2) is 7.72. The third-order valence-corrected chi connectivity index (χ3v) is 4.62. The van der Waals surface area contributed by atoms with Gasteiger partial charge in [-0.2, -0.15) is 0 Å². The van der Waals surface area contributed by atoms with Crippen LogP contribution in [-0.2, 0) is 14.3 Å². The number of amides is 1. The van der Waals surface area contributed by atoms with Crippen LogP contribution in [0.5, 0.6) is 0 Å². The van der Waals surface area contributed by atoms with Crippen molar-refractivity contribution in [2.75, 3.05) is 19.5 Å². The minimum atomic E-state index is -0.958. The second-order valence-electron chi connectivity index (χ2n) is 4.54. The smallest absolute Gasteiger partial charge is 0.327 e. The van der Waals surface area contributed by atoms with Crippen molar-refractivity contribution in [1.82, 2.24) is 4.90 Å². The molecule has 3 unspecified atom stereocenters. The first-order valence-corrected chi connectivity index (χ1v) is 7.48. The van der Waals surface area contributed by atoms with Gasteiger partial charge in [-0.15, -0.1) is 11.8 Å². The van der Waals surface area contributed by atoms with Gasteiger partial charge in [0.05, 0.1) is 11.4 Å². The van der Waals surface area contributed by atoms with Gasteiger partial charge in [0.2, 0.25) is 5.91 Å². The van der Waals surface area contributed by atoms with Crippen molar-refractivity contribution >= 4 is 23.6 Å². The van der Waals surface area contributed by atoms with Gasteiger partial charge < -0.3 is 20.5 Å². The summed E-state index contributed by atoms with van der Waals surface area (Å²) >= 11 is 1.50. The molecule has 110 valence electrons. The predicted molar refractivity (Wildman–Crippen MR) is 73.9 cm³/mol. The zero-order chi connectivity index (χ0) is 14.4. The molecule has 1 aliphatic heterocycles. The van der Waals surface area contributed by atoms with Gasteiger partial charge in [0.15, 0.2) is 0 Å². The summed E-state index contributed by atoms with van der Waals surface area (Å²) in [6.45, 7) is 2.49. The average Bonchev–Trinajstić information content (AvgIpc) is 2.81. The molecular weight excluding hydrogens is 268 g/mol. The highest BCUT2D eigenvalue weighted by Crippen LogP contribution is 2.32. The number of methoxy groups -OCH3 is 1. The van der Waals surface area contributed by atoms with E-state index in [1.807, 2.05) is 6.92 Å². The molecule has 1 saturated heterocycles. The molecule has 1 fully saturated rings. The van der Waals surface area contributed by atoms with Crippen molar-refractivity contribution in [3.63, 3.8) is 0 Å². The molecule has 0 aromatic carbocycles. The van der Waals surface area contributed by atoms with E-state index in [9.17, 15) is 14.7 Å². The van der Waals surface area contributed by atoms with Crippen LogP contribution in [0.15, 0.2) is 0 Å². The standard InChI is InChI=1S/C12H22N2O4S/c1-3-10-14(9(7-19-10)12(16)17)11(15)8(13)5-4-6-18-2/h8-10H,3-7,13H2,1-2H3,(H,16,17). The molecule has 0 aromatic heterocycles. The van der Waals surface area contributed by atoms with E-state index >= 15 is 0 Å². The third-order valence-electron chi connectivity index (χ3n) is 3.16. The Morgan fingerprint density at radius 2 is 2.26 bits per heavy atom. The Bertz CT molecular complexity index is 327. The van der Waals surface area contributed by atoms with E-state index in [0.717, 1.165) is 6.42 Å². The summed E-state index contributed by atoms with van der Waals surface area (Å²) in [5.41, 5.74) is 5.87. The fourth-order valence-corrected chi connectivity index (χ4v) is 3.48. The van der Waals surface area contributed by atoms with Crippen LogP contribution in [-0.4, -0.2) is 58.8 Å². The summed E-state index contributed by atoms with van der Waals surface area (Å²) in [6.07, 6.45) is 1.93. The maximum atomic E-state index is 12.3. The number of thioether (sulfide) groups is 1. The van der Waals surface area contributed by atoms with Crippen LogP contribution in [0, 0.1) is 0 Å². The predicted octanol–water partition coefficient (Wildman–Crippen LogP) is 0.505. The van der Waals surface area contributed by atoms with Crippen LogP contribution in [0.4, 0.5) is 0 Å². The summed E-state index contributed by atoms with van der Waals surface area (Å²) in [5.74, 6) is -0.786. The van der Waals surface area contributed by atoms with E-state index in [2.05, 4.69) is 0 Å². The molecule has 1 amide bonds. The lowest BCUT2D eigenvalue weighted by Gasteiger charge is -2.29. The number of nitrogens with zero attached hydrogens (tertiary/aromatic N) is 1. The third kappa shape index (κ3) is 4.09. The van der Waals surface area contributed by atoms with Gasteiger partial charge in [-0.3, -0.25) is 4.79 Å². The van der Waals surface area contributed by atoms with Gasteiger partial charge >= 0.3 is 5.97 Å². The Labute approximate surface area is 117 Å². The number of carboxylic acids is 1. The van der Waals surface area contributed by atoms with Crippen LogP contribution in [0.3, 0.4) is 0 Å². The SMILES string of the molecule is CCC1SCC(C(=O)O)N1C(=O)C(N)CCCOC. The quantitative estimate of drug-likeness (QED) is 0.663. The number of hydrogen-bond donors (Lipinski definition) is 2. The average molecular weight is 290 g/mol. The maximum absolute atomic E-state index is 12.3. The minimum absolute atomic E-state index is 0.0814. The number of rotatable bonds is 7. The fraction of sp³-hybridized carbons (Fsp3) is 0.833. The van der Waals surface area contributed by atoms with E-state index in [1.54, 1.807) is 7.11 Å². The van der Waals surface area contributed by atoms with Gasteiger partial charge in [-0.05, 0) is 19.3 Å². The first-order chi connectivity index (χ1) is 9.02. The number of aliphatic carboxylic acids is 1. The Morgan fingerprint density at radius 3 is 2.79 bits per heavy atom. The lowest BCUT2D eigenvalue weighted by atomic mass is 10.1. The molecule has 0 radical (unpaired) electrons. The number of hydrogen-bond acceptors (Lipinski definition) is 5. The van der Waals surface area contributed by atoms with E-state index < -0.39 is 18.1 Å². The van der Waals surface area contributed by atoms with E-state index in [1.165, 1.54) is 16.7 Å². The number of carboxylic acid groups (broad SMARTS) is 1. The molecule has 0 aromatic rings. The van der Waals surface area contributed by atoms with E-state index in [-0.39, 0.29) is 11.3 Å². The van der Waals surface area contributed by atoms with Crippen molar-refractivity contribution in [3.8, 4) is 0 Å². The topological polar surface area (TPSA) is 92.9 Å². The summed E-state index contributed by atoms with van der Waals surface area (Å²) in [6, 6.07) is -1.40. The molecule has 0 saturated carbocycles. The number of nitrogens with two attached hydrogens (primary N) is 1. The van der Waals surface area contributed by atoms with Crippen LogP contribution < -0.4 is 5.73 Å². The van der Waals surface area contributed by atoms with Crippen LogP contribution in [0.2, 0.25) is 0 Å². The van der Waals surface area contributed by atoms with Crippen molar-refractivity contribution in [2.45, 2.75) is 43.6 Å². The Balaban J connectivity index is 2.67. The summed E-state index contributed by atoms with van der Waals surface area (Å²) < 4.78 is 4.92. The molecule has 1 heterocycles. The van der Waals surface area contributed by atoms with Crippen molar-refractivity contribution in [3.05, 3.63) is 0 Å². The van der Waals surface area contributed by atoms with Crippen LogP contribution in [0.1, 0.15) is 26.2 Å². The maximum Gasteiger partial charge on any atom is 0.327 e. The normalized spacial score (nSPS) is 24.5. The highest BCUT2D eigenvalue weighted by molar-refractivity contribution is 8.00. The Kier molecular flexibility index (Phi) is 6.60. The lowest BCUT2D eigenvalue weighted by molar-refractivity contribution is -0.149. The molecule has 1 rings (SSSR count).